The number of amides is 1. The summed E-state index contributed by atoms with van der Waals surface area (Å²) in [5.74, 6) is 1.65. The summed E-state index contributed by atoms with van der Waals surface area (Å²) in [5, 5.41) is 7.21. The maximum atomic E-state index is 12.8. The molecule has 26 heavy (non-hydrogen) atoms. The third-order valence-electron chi connectivity index (χ3n) is 6.12. The number of hydrogen-bond donors (Lipinski definition) is 2. The van der Waals surface area contributed by atoms with Crippen molar-refractivity contribution in [3.05, 3.63) is 40.9 Å². The van der Waals surface area contributed by atoms with Gasteiger partial charge in [0.05, 0.1) is 6.61 Å². The Bertz CT molecular complexity index is 830. The monoisotopic (exact) mass is 369 g/mol. The number of carbonyl (C=O) groups excluding carboxylic acids is 1. The third-order valence-corrected chi connectivity index (χ3v) is 7.19. The smallest absolute Gasteiger partial charge is 0.230 e. The Hall–Kier alpha value is -1.92. The number of nitrogens with zero attached hydrogens (tertiary/aromatic N) is 1. The number of carbonyl (C=O) groups is 1. The standard InChI is InChI=1S/C20H23N3O2S/c24-18(23-19-22-12-17(26-19)13-5-8-21-9-6-13)15-11-20(15)7-10-25-16-4-2-1-3-14(16)20/h1-4,12-13,15,21H,5-11H2,(H,22,23,24). The molecule has 2 N–H and O–H groups in total. The first-order valence-electron chi connectivity index (χ1n) is 9.46. The first-order chi connectivity index (χ1) is 12.8. The Balaban J connectivity index is 1.29. The lowest BCUT2D eigenvalue weighted by atomic mass is 9.87. The molecule has 1 aliphatic carbocycles. The Morgan fingerprint density at radius 3 is 3.04 bits per heavy atom. The van der Waals surface area contributed by atoms with Crippen LogP contribution in [0.3, 0.4) is 0 Å². The van der Waals surface area contributed by atoms with Crippen LogP contribution < -0.4 is 15.4 Å². The number of benzene rings is 1. The lowest BCUT2D eigenvalue weighted by Gasteiger charge is -2.26. The molecule has 1 saturated heterocycles. The highest BCUT2D eigenvalue weighted by molar-refractivity contribution is 7.15. The van der Waals surface area contributed by atoms with Crippen LogP contribution in [0.15, 0.2) is 30.5 Å². The third kappa shape index (κ3) is 2.72. The van der Waals surface area contributed by atoms with Crippen molar-refractivity contribution in [3.63, 3.8) is 0 Å². The topological polar surface area (TPSA) is 63.2 Å². The number of rotatable bonds is 3. The molecule has 0 radical (unpaired) electrons. The molecule has 5 rings (SSSR count). The van der Waals surface area contributed by atoms with Crippen molar-refractivity contribution >= 4 is 22.4 Å². The zero-order valence-corrected chi connectivity index (χ0v) is 15.5. The largest absolute Gasteiger partial charge is 0.493 e. The minimum Gasteiger partial charge on any atom is -0.493 e. The molecule has 0 bridgehead atoms. The molecule has 136 valence electrons. The van der Waals surface area contributed by atoms with Gasteiger partial charge in [0.2, 0.25) is 5.91 Å². The van der Waals surface area contributed by atoms with E-state index >= 15 is 0 Å². The van der Waals surface area contributed by atoms with Gasteiger partial charge in [0.25, 0.3) is 0 Å². The Morgan fingerprint density at radius 2 is 2.15 bits per heavy atom. The Kier molecular flexibility index (Phi) is 3.98. The quantitative estimate of drug-likeness (QED) is 0.871. The molecule has 5 nitrogen and oxygen atoms in total. The molecule has 2 aromatic rings. The molecule has 6 heteroatoms. The van der Waals surface area contributed by atoms with Gasteiger partial charge in [-0.1, -0.05) is 18.2 Å². The number of aromatic nitrogens is 1. The van der Waals surface area contributed by atoms with Gasteiger partial charge in [0.15, 0.2) is 5.13 Å². The van der Waals surface area contributed by atoms with Gasteiger partial charge in [-0.3, -0.25) is 4.79 Å². The van der Waals surface area contributed by atoms with Crippen LogP contribution in [0.5, 0.6) is 5.75 Å². The predicted molar refractivity (Wildman–Crippen MR) is 102 cm³/mol. The summed E-state index contributed by atoms with van der Waals surface area (Å²) in [5.41, 5.74) is 1.16. The van der Waals surface area contributed by atoms with Gasteiger partial charge in [0.1, 0.15) is 5.75 Å². The minimum absolute atomic E-state index is 0.0266. The molecule has 1 aromatic carbocycles. The molecule has 1 amide bonds. The fraction of sp³-hybridized carbons (Fsp3) is 0.500. The van der Waals surface area contributed by atoms with Crippen LogP contribution in [0, 0.1) is 5.92 Å². The summed E-state index contributed by atoms with van der Waals surface area (Å²) >= 11 is 1.64. The van der Waals surface area contributed by atoms with Crippen molar-refractivity contribution < 1.29 is 9.53 Å². The summed E-state index contributed by atoms with van der Waals surface area (Å²) in [4.78, 5) is 18.6. The molecule has 3 aliphatic rings. The highest BCUT2D eigenvalue weighted by Crippen LogP contribution is 2.60. The predicted octanol–water partition coefficient (Wildman–Crippen LogP) is 3.29. The van der Waals surface area contributed by atoms with E-state index in [9.17, 15) is 4.79 Å². The molecule has 2 unspecified atom stereocenters. The van der Waals surface area contributed by atoms with E-state index in [2.05, 4.69) is 21.7 Å². The van der Waals surface area contributed by atoms with Crippen LogP contribution >= 0.6 is 11.3 Å². The Morgan fingerprint density at radius 1 is 1.31 bits per heavy atom. The number of piperidine rings is 1. The highest BCUT2D eigenvalue weighted by Gasteiger charge is 2.61. The normalized spacial score (nSPS) is 27.6. The summed E-state index contributed by atoms with van der Waals surface area (Å²) < 4.78 is 5.77. The van der Waals surface area contributed by atoms with Crippen molar-refractivity contribution in [3.8, 4) is 5.75 Å². The second-order valence-corrected chi connectivity index (χ2v) is 8.65. The van der Waals surface area contributed by atoms with Crippen LogP contribution in [-0.2, 0) is 10.2 Å². The first-order valence-corrected chi connectivity index (χ1v) is 10.3. The number of para-hydroxylation sites is 1. The van der Waals surface area contributed by atoms with Crippen LogP contribution in [0.2, 0.25) is 0 Å². The summed E-state index contributed by atoms with van der Waals surface area (Å²) in [7, 11) is 0. The van der Waals surface area contributed by atoms with E-state index in [0.717, 1.165) is 49.7 Å². The second-order valence-electron chi connectivity index (χ2n) is 7.59. The fourth-order valence-corrected chi connectivity index (χ4v) is 5.52. The molecule has 1 spiro atoms. The van der Waals surface area contributed by atoms with Crippen LogP contribution in [0.4, 0.5) is 5.13 Å². The average Bonchev–Trinajstić information content (AvgIpc) is 3.21. The van der Waals surface area contributed by atoms with Gasteiger partial charge in [-0.25, -0.2) is 4.98 Å². The Labute approximate surface area is 157 Å². The maximum Gasteiger partial charge on any atom is 0.230 e. The van der Waals surface area contributed by atoms with Gasteiger partial charge in [-0.15, -0.1) is 11.3 Å². The van der Waals surface area contributed by atoms with E-state index in [1.807, 2.05) is 24.4 Å². The molecule has 2 atom stereocenters. The summed E-state index contributed by atoms with van der Waals surface area (Å²) in [6, 6.07) is 8.15. The number of anilines is 1. The van der Waals surface area contributed by atoms with Crippen LogP contribution in [-0.4, -0.2) is 30.6 Å². The molecule has 1 saturated carbocycles. The molecule has 1 aromatic heterocycles. The second kappa shape index (κ2) is 6.35. The number of hydrogen-bond acceptors (Lipinski definition) is 5. The van der Waals surface area contributed by atoms with Crippen molar-refractivity contribution in [1.82, 2.24) is 10.3 Å². The number of thiazole rings is 1. The van der Waals surface area contributed by atoms with Crippen molar-refractivity contribution in [2.24, 2.45) is 5.92 Å². The van der Waals surface area contributed by atoms with Gasteiger partial charge in [-0.05, 0) is 50.8 Å². The van der Waals surface area contributed by atoms with E-state index in [-0.39, 0.29) is 17.2 Å². The minimum atomic E-state index is -0.0337. The van der Waals surface area contributed by atoms with E-state index < -0.39 is 0 Å². The van der Waals surface area contributed by atoms with E-state index in [4.69, 9.17) is 4.74 Å². The van der Waals surface area contributed by atoms with Gasteiger partial charge in [0, 0.05) is 28.0 Å². The SMILES string of the molecule is O=C(Nc1ncc(C2CCNCC2)s1)C1CC12CCOc1ccccc12. The first kappa shape index (κ1) is 16.3. The van der Waals surface area contributed by atoms with Gasteiger partial charge in [-0.2, -0.15) is 0 Å². The van der Waals surface area contributed by atoms with Crippen molar-refractivity contribution in [2.75, 3.05) is 25.0 Å². The van der Waals surface area contributed by atoms with Crippen molar-refractivity contribution in [2.45, 2.75) is 37.0 Å². The number of fused-ring (bicyclic) bond motifs is 2. The summed E-state index contributed by atoms with van der Waals surface area (Å²) in [6.07, 6.45) is 6.07. The molecule has 2 aliphatic heterocycles. The molecule has 3 heterocycles. The van der Waals surface area contributed by atoms with E-state index in [1.165, 1.54) is 10.4 Å². The van der Waals surface area contributed by atoms with E-state index in [1.54, 1.807) is 11.3 Å². The maximum absolute atomic E-state index is 12.8. The number of ether oxygens (including phenoxy) is 1. The molecule has 2 fully saturated rings. The van der Waals surface area contributed by atoms with Crippen LogP contribution in [0.1, 0.15) is 42.0 Å². The van der Waals surface area contributed by atoms with Crippen LogP contribution in [0.25, 0.3) is 0 Å². The lowest BCUT2D eigenvalue weighted by Crippen LogP contribution is -2.26. The van der Waals surface area contributed by atoms with E-state index in [0.29, 0.717) is 12.5 Å². The molecular formula is C20H23N3O2S. The fourth-order valence-electron chi connectivity index (χ4n) is 4.54. The zero-order valence-electron chi connectivity index (χ0n) is 14.7. The summed E-state index contributed by atoms with van der Waals surface area (Å²) in [6.45, 7) is 2.82. The molecular weight excluding hydrogens is 346 g/mol. The van der Waals surface area contributed by atoms with Crippen molar-refractivity contribution in [1.29, 1.82) is 0 Å². The lowest BCUT2D eigenvalue weighted by molar-refractivity contribution is -0.117. The van der Waals surface area contributed by atoms with Gasteiger partial charge >= 0.3 is 0 Å². The number of nitrogens with one attached hydrogen (secondary N) is 2. The zero-order chi connectivity index (χ0) is 17.6. The highest BCUT2D eigenvalue weighted by atomic mass is 32.1. The average molecular weight is 369 g/mol. The van der Waals surface area contributed by atoms with Gasteiger partial charge < -0.3 is 15.4 Å².